The molecular formula is C13H5Br2ClF2O. The van der Waals surface area contributed by atoms with Gasteiger partial charge in [-0.15, -0.1) is 0 Å². The molecule has 0 bridgehead atoms. The molecule has 0 amide bonds. The predicted molar refractivity (Wildman–Crippen MR) is 76.6 cm³/mol. The molecule has 0 heterocycles. The topological polar surface area (TPSA) is 17.1 Å². The van der Waals surface area contributed by atoms with E-state index < -0.39 is 17.4 Å². The first kappa shape index (κ1) is 14.6. The molecule has 19 heavy (non-hydrogen) atoms. The Morgan fingerprint density at radius 2 is 1.63 bits per heavy atom. The van der Waals surface area contributed by atoms with Crippen LogP contribution in [0.25, 0.3) is 0 Å². The van der Waals surface area contributed by atoms with Crippen molar-refractivity contribution < 1.29 is 13.6 Å². The molecule has 0 saturated heterocycles. The van der Waals surface area contributed by atoms with E-state index in [0.29, 0.717) is 14.5 Å². The van der Waals surface area contributed by atoms with Gasteiger partial charge in [0.1, 0.15) is 0 Å². The molecule has 0 unspecified atom stereocenters. The second-order valence-electron chi connectivity index (χ2n) is 3.70. The first-order chi connectivity index (χ1) is 8.90. The van der Waals surface area contributed by atoms with Crippen molar-refractivity contribution in [3.63, 3.8) is 0 Å². The van der Waals surface area contributed by atoms with Crippen molar-refractivity contribution in [2.24, 2.45) is 0 Å². The summed E-state index contributed by atoms with van der Waals surface area (Å²) in [7, 11) is 0. The van der Waals surface area contributed by atoms with Crippen LogP contribution in [0.15, 0.2) is 39.3 Å². The molecule has 2 aromatic carbocycles. The van der Waals surface area contributed by atoms with E-state index in [2.05, 4.69) is 31.9 Å². The normalized spacial score (nSPS) is 10.6. The summed E-state index contributed by atoms with van der Waals surface area (Å²) >= 11 is 12.3. The number of ketones is 1. The third-order valence-corrected chi connectivity index (χ3v) is 3.93. The molecule has 0 aromatic heterocycles. The van der Waals surface area contributed by atoms with E-state index in [0.717, 1.165) is 12.1 Å². The molecule has 0 saturated carbocycles. The van der Waals surface area contributed by atoms with Crippen LogP contribution >= 0.6 is 43.5 Å². The number of halogens is 5. The van der Waals surface area contributed by atoms with Gasteiger partial charge in [0.2, 0.25) is 0 Å². The van der Waals surface area contributed by atoms with Gasteiger partial charge < -0.3 is 0 Å². The minimum Gasteiger partial charge on any atom is -0.289 e. The van der Waals surface area contributed by atoms with Crippen molar-refractivity contribution in [3.8, 4) is 0 Å². The molecule has 0 aliphatic rings. The highest BCUT2D eigenvalue weighted by atomic mass is 79.9. The van der Waals surface area contributed by atoms with Gasteiger partial charge in [0.15, 0.2) is 17.4 Å². The fourth-order valence-electron chi connectivity index (χ4n) is 1.51. The molecule has 0 aliphatic heterocycles. The molecule has 0 radical (unpaired) electrons. The van der Waals surface area contributed by atoms with Crippen molar-refractivity contribution in [3.05, 3.63) is 67.1 Å². The van der Waals surface area contributed by atoms with Crippen LogP contribution in [0, 0.1) is 11.6 Å². The summed E-state index contributed by atoms with van der Waals surface area (Å²) in [6, 6.07) is 6.58. The zero-order valence-corrected chi connectivity index (χ0v) is 13.1. The molecule has 2 rings (SSSR count). The number of rotatable bonds is 2. The molecule has 0 N–H and O–H groups in total. The Labute approximate surface area is 129 Å². The lowest BCUT2D eigenvalue weighted by Gasteiger charge is -2.07. The Bertz CT molecular complexity index is 674. The smallest absolute Gasteiger partial charge is 0.195 e. The minimum absolute atomic E-state index is 0.0839. The molecule has 1 nitrogen and oxygen atoms in total. The average molecular weight is 410 g/mol. The highest BCUT2D eigenvalue weighted by molar-refractivity contribution is 9.11. The van der Waals surface area contributed by atoms with Crippen molar-refractivity contribution >= 4 is 49.2 Å². The summed E-state index contributed by atoms with van der Waals surface area (Å²) in [5.41, 5.74) is 0.224. The predicted octanol–water partition coefficient (Wildman–Crippen LogP) is 5.37. The number of hydrogen-bond acceptors (Lipinski definition) is 1. The second-order valence-corrected chi connectivity index (χ2v) is 5.88. The highest BCUT2D eigenvalue weighted by Crippen LogP contribution is 2.28. The van der Waals surface area contributed by atoms with Crippen LogP contribution in [0.2, 0.25) is 5.02 Å². The number of benzene rings is 2. The maximum absolute atomic E-state index is 13.2. The van der Waals surface area contributed by atoms with E-state index in [1.807, 2.05) is 0 Å². The molecular weight excluding hydrogens is 405 g/mol. The Balaban J connectivity index is 2.56. The molecule has 0 spiro atoms. The lowest BCUT2D eigenvalue weighted by atomic mass is 10.0. The quantitative estimate of drug-likeness (QED) is 0.480. The number of carbonyl (C=O) groups is 1. The van der Waals surface area contributed by atoms with Gasteiger partial charge in [-0.05, 0) is 30.3 Å². The van der Waals surface area contributed by atoms with Crippen LogP contribution in [0.4, 0.5) is 8.78 Å². The Morgan fingerprint density at radius 3 is 2.32 bits per heavy atom. The van der Waals surface area contributed by atoms with E-state index >= 15 is 0 Å². The third kappa shape index (κ3) is 3.04. The standard InChI is InChI=1S/C13H5Br2ClF2O/c14-6-1-2-9(15)7(3-6)13(19)8-4-11(17)12(18)5-10(8)16/h1-5H. The fraction of sp³-hybridized carbons (Fsp3) is 0. The molecule has 6 heteroatoms. The monoisotopic (exact) mass is 408 g/mol. The van der Waals surface area contributed by atoms with Crippen molar-refractivity contribution in [1.29, 1.82) is 0 Å². The maximum atomic E-state index is 13.2. The number of hydrogen-bond donors (Lipinski definition) is 0. The lowest BCUT2D eigenvalue weighted by Crippen LogP contribution is -2.05. The zero-order valence-electron chi connectivity index (χ0n) is 9.18. The fourth-order valence-corrected chi connectivity index (χ4v) is 2.54. The molecule has 0 atom stereocenters. The lowest BCUT2D eigenvalue weighted by molar-refractivity contribution is 0.103. The second kappa shape index (κ2) is 5.69. The van der Waals surface area contributed by atoms with Crippen molar-refractivity contribution in [1.82, 2.24) is 0 Å². The Kier molecular flexibility index (Phi) is 4.38. The van der Waals surface area contributed by atoms with Crippen LogP contribution in [-0.2, 0) is 0 Å². The van der Waals surface area contributed by atoms with Crippen LogP contribution in [-0.4, -0.2) is 5.78 Å². The van der Waals surface area contributed by atoms with Crippen molar-refractivity contribution in [2.75, 3.05) is 0 Å². The summed E-state index contributed by atoms with van der Waals surface area (Å²) in [6.07, 6.45) is 0. The van der Waals surface area contributed by atoms with Gasteiger partial charge in [-0.1, -0.05) is 43.5 Å². The minimum atomic E-state index is -1.11. The van der Waals surface area contributed by atoms with E-state index in [-0.39, 0.29) is 10.6 Å². The van der Waals surface area contributed by atoms with E-state index in [1.54, 1.807) is 18.2 Å². The van der Waals surface area contributed by atoms with E-state index in [9.17, 15) is 13.6 Å². The molecule has 0 aliphatic carbocycles. The van der Waals surface area contributed by atoms with Gasteiger partial charge in [-0.25, -0.2) is 8.78 Å². The SMILES string of the molecule is O=C(c1cc(F)c(F)cc1Cl)c1cc(Br)ccc1Br. The van der Waals surface area contributed by atoms with Gasteiger partial charge in [0.05, 0.1) is 5.02 Å². The first-order valence-corrected chi connectivity index (χ1v) is 7.01. The van der Waals surface area contributed by atoms with Gasteiger partial charge in [0.25, 0.3) is 0 Å². The summed E-state index contributed by atoms with van der Waals surface area (Å²) in [5.74, 6) is -2.69. The van der Waals surface area contributed by atoms with E-state index in [4.69, 9.17) is 11.6 Å². The van der Waals surface area contributed by atoms with E-state index in [1.165, 1.54) is 0 Å². The van der Waals surface area contributed by atoms with Gasteiger partial charge in [-0.3, -0.25) is 4.79 Å². The molecule has 0 fully saturated rings. The van der Waals surface area contributed by atoms with Gasteiger partial charge in [-0.2, -0.15) is 0 Å². The average Bonchev–Trinajstić information content (AvgIpc) is 2.36. The summed E-state index contributed by atoms with van der Waals surface area (Å²) in [4.78, 5) is 12.3. The van der Waals surface area contributed by atoms with Crippen LogP contribution in [0.3, 0.4) is 0 Å². The van der Waals surface area contributed by atoms with Gasteiger partial charge >= 0.3 is 0 Å². The van der Waals surface area contributed by atoms with Gasteiger partial charge in [0, 0.05) is 20.1 Å². The summed E-state index contributed by atoms with van der Waals surface area (Å²) in [6.45, 7) is 0. The molecule has 2 aromatic rings. The Morgan fingerprint density at radius 1 is 1.00 bits per heavy atom. The Hall–Kier alpha value is -0.780. The zero-order chi connectivity index (χ0) is 14.2. The van der Waals surface area contributed by atoms with Crippen LogP contribution in [0.1, 0.15) is 15.9 Å². The van der Waals surface area contributed by atoms with Crippen LogP contribution in [0.5, 0.6) is 0 Å². The highest BCUT2D eigenvalue weighted by Gasteiger charge is 2.18. The largest absolute Gasteiger partial charge is 0.289 e. The summed E-state index contributed by atoms with van der Waals surface area (Å²) in [5, 5.41) is -0.129. The van der Waals surface area contributed by atoms with Crippen LogP contribution < -0.4 is 0 Å². The summed E-state index contributed by atoms with van der Waals surface area (Å²) < 4.78 is 27.4. The third-order valence-electron chi connectivity index (χ3n) is 2.43. The maximum Gasteiger partial charge on any atom is 0.195 e. The number of carbonyl (C=O) groups excluding carboxylic acids is 1. The molecule has 98 valence electrons. The van der Waals surface area contributed by atoms with Crippen molar-refractivity contribution in [2.45, 2.75) is 0 Å². The first-order valence-electron chi connectivity index (χ1n) is 5.04.